The molecule has 1 aliphatic heterocycles. The van der Waals surface area contributed by atoms with Crippen molar-refractivity contribution in [1.82, 2.24) is 10.3 Å². The normalized spacial score (nSPS) is 15.5. The van der Waals surface area contributed by atoms with Crippen LogP contribution in [0.15, 0.2) is 47.6 Å². The van der Waals surface area contributed by atoms with Gasteiger partial charge in [0.15, 0.2) is 0 Å². The van der Waals surface area contributed by atoms with E-state index >= 15 is 0 Å². The maximum atomic E-state index is 11.8. The quantitative estimate of drug-likeness (QED) is 0.690. The largest absolute Gasteiger partial charge is 0.294 e. The van der Waals surface area contributed by atoms with E-state index in [9.17, 15) is 4.79 Å². The van der Waals surface area contributed by atoms with Crippen LogP contribution < -0.4 is 5.43 Å². The van der Waals surface area contributed by atoms with Crippen LogP contribution >= 0.6 is 12.4 Å². The maximum Gasteiger partial charge on any atom is 0.254 e. The molecule has 5 heteroatoms. The summed E-state index contributed by atoms with van der Waals surface area (Å²) >= 11 is 0. The van der Waals surface area contributed by atoms with Gasteiger partial charge in [-0.1, -0.05) is 42.8 Å². The Morgan fingerprint density at radius 3 is 2.61 bits per heavy atom. The molecule has 1 heterocycles. The third kappa shape index (κ3) is 5.05. The molecule has 122 valence electrons. The Balaban J connectivity index is 0.00000192. The number of halogens is 1. The highest BCUT2D eigenvalue weighted by Gasteiger charge is 2.12. The van der Waals surface area contributed by atoms with Crippen molar-refractivity contribution in [3.05, 3.63) is 48.0 Å². The molecule has 0 unspecified atom stereocenters. The highest BCUT2D eigenvalue weighted by atomic mass is 35.5. The zero-order valence-electron chi connectivity index (χ0n) is 13.1. The minimum atomic E-state index is -0.0426. The topological polar surface area (TPSA) is 44.7 Å². The lowest BCUT2D eigenvalue weighted by Gasteiger charge is -2.25. The van der Waals surface area contributed by atoms with Gasteiger partial charge in [0.2, 0.25) is 0 Å². The Bertz CT molecular complexity index is 681. The van der Waals surface area contributed by atoms with E-state index in [2.05, 4.69) is 39.7 Å². The molecule has 0 aromatic heterocycles. The molecule has 1 N–H and O–H groups in total. The second-order valence-electron chi connectivity index (χ2n) is 5.74. The van der Waals surface area contributed by atoms with E-state index in [1.807, 2.05) is 18.2 Å². The smallest absolute Gasteiger partial charge is 0.254 e. The van der Waals surface area contributed by atoms with Crippen molar-refractivity contribution in [3.63, 3.8) is 0 Å². The number of hydrogen-bond donors (Lipinski definition) is 1. The van der Waals surface area contributed by atoms with Gasteiger partial charge in [0, 0.05) is 0 Å². The van der Waals surface area contributed by atoms with Crippen molar-refractivity contribution in [2.75, 3.05) is 19.6 Å². The number of carbonyl (C=O) groups excluding carboxylic acids is 1. The van der Waals surface area contributed by atoms with Crippen LogP contribution in [-0.2, 0) is 4.79 Å². The van der Waals surface area contributed by atoms with Crippen LogP contribution in [0.25, 0.3) is 10.8 Å². The van der Waals surface area contributed by atoms with E-state index in [0.29, 0.717) is 6.54 Å². The van der Waals surface area contributed by atoms with Crippen molar-refractivity contribution in [2.45, 2.75) is 19.3 Å². The van der Waals surface area contributed by atoms with Crippen molar-refractivity contribution in [3.8, 4) is 0 Å². The molecular formula is C18H22ClN3O. The number of benzene rings is 2. The lowest BCUT2D eigenvalue weighted by Crippen LogP contribution is -2.38. The van der Waals surface area contributed by atoms with Gasteiger partial charge in [-0.25, -0.2) is 5.43 Å². The van der Waals surface area contributed by atoms with Gasteiger partial charge in [-0.2, -0.15) is 5.10 Å². The lowest BCUT2D eigenvalue weighted by atomic mass is 10.1. The zero-order chi connectivity index (χ0) is 15.2. The van der Waals surface area contributed by atoms with E-state index in [1.165, 1.54) is 30.0 Å². The van der Waals surface area contributed by atoms with Crippen LogP contribution in [0.3, 0.4) is 0 Å². The molecule has 3 rings (SSSR count). The number of hydrazone groups is 1. The molecular weight excluding hydrogens is 310 g/mol. The zero-order valence-corrected chi connectivity index (χ0v) is 13.9. The third-order valence-electron chi connectivity index (χ3n) is 3.99. The third-order valence-corrected chi connectivity index (χ3v) is 3.99. The Hall–Kier alpha value is -1.91. The van der Waals surface area contributed by atoms with Gasteiger partial charge in [0.05, 0.1) is 12.8 Å². The van der Waals surface area contributed by atoms with Gasteiger partial charge in [0.25, 0.3) is 5.91 Å². The van der Waals surface area contributed by atoms with Gasteiger partial charge in [-0.15, -0.1) is 12.4 Å². The van der Waals surface area contributed by atoms with Crippen molar-refractivity contribution >= 4 is 35.3 Å². The summed E-state index contributed by atoms with van der Waals surface area (Å²) in [6.07, 6.45) is 5.35. The van der Waals surface area contributed by atoms with Gasteiger partial charge in [-0.05, 0) is 48.3 Å². The minimum absolute atomic E-state index is 0. The summed E-state index contributed by atoms with van der Waals surface area (Å²) in [5.41, 5.74) is 3.60. The fourth-order valence-electron chi connectivity index (χ4n) is 2.82. The second kappa shape index (κ2) is 8.65. The minimum Gasteiger partial charge on any atom is -0.294 e. The molecule has 1 amide bonds. The fourth-order valence-corrected chi connectivity index (χ4v) is 2.82. The Morgan fingerprint density at radius 2 is 1.83 bits per heavy atom. The maximum absolute atomic E-state index is 11.8. The number of fused-ring (bicyclic) bond motifs is 1. The van der Waals surface area contributed by atoms with Crippen LogP contribution in [0.5, 0.6) is 0 Å². The molecule has 0 radical (unpaired) electrons. The van der Waals surface area contributed by atoms with E-state index < -0.39 is 0 Å². The predicted molar refractivity (Wildman–Crippen MR) is 97.2 cm³/mol. The van der Waals surface area contributed by atoms with Crippen molar-refractivity contribution in [2.24, 2.45) is 5.10 Å². The summed E-state index contributed by atoms with van der Waals surface area (Å²) in [6, 6.07) is 14.3. The number of piperidine rings is 1. The molecule has 0 atom stereocenters. The average molecular weight is 332 g/mol. The second-order valence-corrected chi connectivity index (χ2v) is 5.74. The summed E-state index contributed by atoms with van der Waals surface area (Å²) < 4.78 is 0. The van der Waals surface area contributed by atoms with Crippen LogP contribution in [-0.4, -0.2) is 36.7 Å². The number of nitrogens with one attached hydrogen (secondary N) is 1. The van der Waals surface area contributed by atoms with Crippen LogP contribution in [0.2, 0.25) is 0 Å². The standard InChI is InChI=1S/C18H21N3O.ClH/c22-18(14-21-10-4-1-5-11-21)20-19-13-15-8-9-16-6-2-3-7-17(16)12-15;/h2-3,6-9,12-13H,1,4-5,10-11,14H2,(H,20,22);1H/b19-13+;. The number of likely N-dealkylation sites (tertiary alicyclic amines) is 1. The summed E-state index contributed by atoms with van der Waals surface area (Å²) in [6.45, 7) is 2.47. The first kappa shape index (κ1) is 17.4. The number of carbonyl (C=O) groups is 1. The predicted octanol–water partition coefficient (Wildman–Crippen LogP) is 3.20. The molecule has 0 spiro atoms. The fraction of sp³-hybridized carbons (Fsp3) is 0.333. The van der Waals surface area contributed by atoms with Gasteiger partial charge in [-0.3, -0.25) is 9.69 Å². The molecule has 4 nitrogen and oxygen atoms in total. The molecule has 0 saturated carbocycles. The van der Waals surface area contributed by atoms with Crippen LogP contribution in [0.4, 0.5) is 0 Å². The first-order valence-electron chi connectivity index (χ1n) is 7.84. The van der Waals surface area contributed by atoms with Gasteiger partial charge >= 0.3 is 0 Å². The molecule has 0 bridgehead atoms. The number of hydrogen-bond acceptors (Lipinski definition) is 3. The Kier molecular flexibility index (Phi) is 6.56. The van der Waals surface area contributed by atoms with E-state index in [4.69, 9.17) is 0 Å². The molecule has 23 heavy (non-hydrogen) atoms. The number of amides is 1. The molecule has 1 aliphatic rings. The summed E-state index contributed by atoms with van der Waals surface area (Å²) in [4.78, 5) is 14.0. The highest BCUT2D eigenvalue weighted by molar-refractivity contribution is 5.91. The van der Waals surface area contributed by atoms with Crippen LogP contribution in [0, 0.1) is 0 Å². The van der Waals surface area contributed by atoms with E-state index in [-0.39, 0.29) is 18.3 Å². The highest BCUT2D eigenvalue weighted by Crippen LogP contribution is 2.14. The van der Waals surface area contributed by atoms with Gasteiger partial charge in [0.1, 0.15) is 0 Å². The average Bonchev–Trinajstić information content (AvgIpc) is 2.55. The lowest BCUT2D eigenvalue weighted by molar-refractivity contribution is -0.122. The SMILES string of the molecule is Cl.O=C(CN1CCCCC1)N/N=C/c1ccc2ccccc2c1. The summed E-state index contributed by atoms with van der Waals surface area (Å²) in [5, 5.41) is 6.44. The van der Waals surface area contributed by atoms with Crippen molar-refractivity contribution < 1.29 is 4.79 Å². The molecule has 1 fully saturated rings. The molecule has 0 aliphatic carbocycles. The van der Waals surface area contributed by atoms with E-state index in [1.54, 1.807) is 6.21 Å². The first-order valence-corrected chi connectivity index (χ1v) is 7.84. The van der Waals surface area contributed by atoms with Crippen molar-refractivity contribution in [1.29, 1.82) is 0 Å². The number of nitrogens with zero attached hydrogens (tertiary/aromatic N) is 2. The molecule has 2 aromatic rings. The summed E-state index contributed by atoms with van der Waals surface area (Å²) in [5.74, 6) is -0.0426. The van der Waals surface area contributed by atoms with Gasteiger partial charge < -0.3 is 0 Å². The molecule has 1 saturated heterocycles. The number of rotatable bonds is 4. The van der Waals surface area contributed by atoms with Crippen LogP contribution in [0.1, 0.15) is 24.8 Å². The van der Waals surface area contributed by atoms with E-state index in [0.717, 1.165) is 18.7 Å². The first-order chi connectivity index (χ1) is 10.8. The monoisotopic (exact) mass is 331 g/mol. The Morgan fingerprint density at radius 1 is 1.09 bits per heavy atom. The molecule has 2 aromatic carbocycles. The summed E-state index contributed by atoms with van der Waals surface area (Å²) in [7, 11) is 0. The Labute approximate surface area is 143 Å².